The number of hydrogen-bond donors (Lipinski definition) is 5. The Balaban J connectivity index is 0.885. The average Bonchev–Trinajstić information content (AvgIpc) is 3.82. The predicted octanol–water partition coefficient (Wildman–Crippen LogP) is 6.39. The van der Waals surface area contributed by atoms with Crippen LogP contribution < -0.4 is 21.3 Å². The maximum atomic E-state index is 13.3. The number of benzene rings is 3. The fourth-order valence-corrected chi connectivity index (χ4v) is 7.29. The second kappa shape index (κ2) is 26.2. The summed E-state index contributed by atoms with van der Waals surface area (Å²) >= 11 is 0. The minimum Gasteiger partial charge on any atom is -0.449 e. The van der Waals surface area contributed by atoms with Crippen molar-refractivity contribution in [3.63, 3.8) is 0 Å². The molecule has 1 aliphatic rings. The molecule has 3 aromatic carbocycles. The number of aryl methyl sites for hydroxylation is 1. The van der Waals surface area contributed by atoms with Gasteiger partial charge < -0.3 is 54.7 Å². The van der Waals surface area contributed by atoms with E-state index in [9.17, 15) is 19.2 Å². The van der Waals surface area contributed by atoms with Gasteiger partial charge >= 0.3 is 12.2 Å². The zero-order valence-electron chi connectivity index (χ0n) is 37.0. The Bertz CT molecular complexity index is 1990. The highest BCUT2D eigenvalue weighted by atomic mass is 16.6. The summed E-state index contributed by atoms with van der Waals surface area (Å²) in [5, 5.41) is 12.4. The molecule has 1 atom stereocenters. The molecule has 63 heavy (non-hydrogen) atoms. The molecule has 0 spiro atoms. The number of fused-ring (bicyclic) bond motifs is 4. The van der Waals surface area contributed by atoms with Crippen LogP contribution in [0, 0.1) is 0 Å². The quantitative estimate of drug-likeness (QED) is 0.0401. The number of hydrogen-bond acceptors (Lipinski definition) is 10. The molecule has 15 nitrogen and oxygen atoms in total. The smallest absolute Gasteiger partial charge is 0.407 e. The zero-order valence-corrected chi connectivity index (χ0v) is 37.0. The van der Waals surface area contributed by atoms with Gasteiger partial charge in [0.05, 0.1) is 52.9 Å². The van der Waals surface area contributed by atoms with Crippen LogP contribution in [0.15, 0.2) is 79.0 Å². The summed E-state index contributed by atoms with van der Waals surface area (Å²) in [6.45, 7) is 9.55. The van der Waals surface area contributed by atoms with Crippen LogP contribution in [0.2, 0.25) is 0 Å². The molecule has 5 rings (SSSR count). The third-order valence-electron chi connectivity index (χ3n) is 10.3. The van der Waals surface area contributed by atoms with E-state index >= 15 is 0 Å². The number of amides is 4. The van der Waals surface area contributed by atoms with E-state index in [2.05, 4.69) is 44.5 Å². The molecule has 5 N–H and O–H groups in total. The first kappa shape index (κ1) is 48.6. The molecule has 0 fully saturated rings. The lowest BCUT2D eigenvalue weighted by atomic mass is 9.98. The molecular formula is C48H65N5O10. The van der Waals surface area contributed by atoms with E-state index in [0.29, 0.717) is 85.0 Å². The summed E-state index contributed by atoms with van der Waals surface area (Å²) in [5.41, 5.74) is 6.18. The highest BCUT2D eigenvalue weighted by Gasteiger charge is 2.30. The van der Waals surface area contributed by atoms with Crippen LogP contribution in [0.4, 0.5) is 9.59 Å². The van der Waals surface area contributed by atoms with Gasteiger partial charge in [0.15, 0.2) is 0 Å². The van der Waals surface area contributed by atoms with Crippen molar-refractivity contribution in [1.82, 2.24) is 26.3 Å². The van der Waals surface area contributed by atoms with Crippen molar-refractivity contribution in [3.05, 3.63) is 95.7 Å². The Morgan fingerprint density at radius 1 is 0.651 bits per heavy atom. The molecule has 0 unspecified atom stereocenters. The van der Waals surface area contributed by atoms with E-state index in [1.807, 2.05) is 60.8 Å². The van der Waals surface area contributed by atoms with E-state index in [-0.39, 0.29) is 37.5 Å². The minimum absolute atomic E-state index is 0.0180. The maximum Gasteiger partial charge on any atom is 0.407 e. The number of carbonyl (C=O) groups is 4. The standard InChI is InChI=1S/C48H65N5O10/c1-48(2,3)63-46(56)51-22-11-10-20-43(53-47(57)62-34-41-39-17-6-4-15-37(39)38-16-5-7-18-40(38)41)45(55)50-24-26-59-28-30-61-32-31-60-29-27-58-25-23-49-44(54)21-12-13-35-33-52-42-19-9-8-14-36(35)42/h4-9,14-19,33,41,43,52H,10-13,20-32,34H2,1-3H3,(H,49,54)(H,50,55)(H,51,56)(H,53,57)/t43-/m1/s1. The first-order chi connectivity index (χ1) is 30.6. The fourth-order valence-electron chi connectivity index (χ4n) is 7.29. The number of aromatic amines is 1. The van der Waals surface area contributed by atoms with Crippen molar-refractivity contribution >= 4 is 34.9 Å². The van der Waals surface area contributed by atoms with E-state index in [1.54, 1.807) is 20.8 Å². The predicted molar refractivity (Wildman–Crippen MR) is 241 cm³/mol. The van der Waals surface area contributed by atoms with Crippen molar-refractivity contribution in [2.24, 2.45) is 0 Å². The molecule has 1 aliphatic carbocycles. The SMILES string of the molecule is CC(C)(C)OC(=O)NCCCC[C@@H](NC(=O)OCC1c2ccccc2-c2ccccc21)C(=O)NCCOCCOCCOCCOCCNC(=O)CCCc1c[nH]c2ccccc12. The van der Waals surface area contributed by atoms with Gasteiger partial charge in [0.25, 0.3) is 0 Å². The summed E-state index contributed by atoms with van der Waals surface area (Å²) < 4.78 is 33.3. The fraction of sp³-hybridized carbons (Fsp3) is 0.500. The van der Waals surface area contributed by atoms with Crippen molar-refractivity contribution in [1.29, 1.82) is 0 Å². The molecule has 15 heteroatoms. The molecule has 0 radical (unpaired) electrons. The lowest BCUT2D eigenvalue weighted by molar-refractivity contribution is -0.123. The minimum atomic E-state index is -0.853. The molecule has 4 aromatic rings. The van der Waals surface area contributed by atoms with E-state index in [0.717, 1.165) is 40.6 Å². The third-order valence-corrected chi connectivity index (χ3v) is 10.3. The Labute approximate surface area is 370 Å². The van der Waals surface area contributed by atoms with Gasteiger partial charge in [0, 0.05) is 49.1 Å². The number of carbonyl (C=O) groups excluding carboxylic acids is 4. The van der Waals surface area contributed by atoms with Crippen LogP contribution in [0.1, 0.15) is 75.5 Å². The van der Waals surface area contributed by atoms with Gasteiger partial charge in [-0.15, -0.1) is 0 Å². The summed E-state index contributed by atoms with van der Waals surface area (Å²) in [6.07, 6.45) is 4.39. The van der Waals surface area contributed by atoms with Crippen molar-refractivity contribution in [3.8, 4) is 11.1 Å². The number of aromatic nitrogens is 1. The lowest BCUT2D eigenvalue weighted by Gasteiger charge is -2.21. The Morgan fingerprint density at radius 2 is 1.24 bits per heavy atom. The number of alkyl carbamates (subject to hydrolysis) is 2. The molecule has 1 aromatic heterocycles. The molecule has 342 valence electrons. The van der Waals surface area contributed by atoms with E-state index < -0.39 is 23.8 Å². The summed E-state index contributed by atoms with van der Waals surface area (Å²) in [4.78, 5) is 53.8. The van der Waals surface area contributed by atoms with Crippen LogP contribution in [-0.2, 0) is 44.4 Å². The Kier molecular flexibility index (Phi) is 20.2. The molecular weight excluding hydrogens is 807 g/mol. The summed E-state index contributed by atoms with van der Waals surface area (Å²) in [6, 6.07) is 23.5. The first-order valence-corrected chi connectivity index (χ1v) is 22.1. The topological polar surface area (TPSA) is 188 Å². The summed E-state index contributed by atoms with van der Waals surface area (Å²) in [7, 11) is 0. The van der Waals surface area contributed by atoms with Crippen molar-refractivity contribution < 1.29 is 47.6 Å². The highest BCUT2D eigenvalue weighted by molar-refractivity contribution is 5.86. The molecule has 0 saturated carbocycles. The maximum absolute atomic E-state index is 13.3. The molecule has 0 aliphatic heterocycles. The molecule has 0 bridgehead atoms. The Morgan fingerprint density at radius 3 is 1.89 bits per heavy atom. The number of unbranched alkanes of at least 4 members (excludes halogenated alkanes) is 1. The normalized spacial score (nSPS) is 12.6. The van der Waals surface area contributed by atoms with Crippen LogP contribution in [0.25, 0.3) is 22.0 Å². The molecule has 1 heterocycles. The zero-order chi connectivity index (χ0) is 44.7. The van der Waals surface area contributed by atoms with Gasteiger partial charge in [0.2, 0.25) is 11.8 Å². The van der Waals surface area contributed by atoms with Gasteiger partial charge in [-0.3, -0.25) is 9.59 Å². The van der Waals surface area contributed by atoms with E-state index in [1.165, 1.54) is 10.9 Å². The second-order valence-electron chi connectivity index (χ2n) is 16.3. The largest absolute Gasteiger partial charge is 0.449 e. The molecule has 4 amide bonds. The Hall–Kier alpha value is -5.48. The van der Waals surface area contributed by atoms with Crippen molar-refractivity contribution in [2.75, 3.05) is 79.1 Å². The molecule has 0 saturated heterocycles. The number of nitrogens with one attached hydrogen (secondary N) is 5. The second-order valence-corrected chi connectivity index (χ2v) is 16.3. The van der Waals surface area contributed by atoms with Crippen molar-refractivity contribution in [2.45, 2.75) is 76.9 Å². The number of H-pyrrole nitrogens is 1. The summed E-state index contributed by atoms with van der Waals surface area (Å²) in [5.74, 6) is -0.452. The van der Waals surface area contributed by atoms with Gasteiger partial charge in [0.1, 0.15) is 18.2 Å². The highest BCUT2D eigenvalue weighted by Crippen LogP contribution is 2.44. The lowest BCUT2D eigenvalue weighted by Crippen LogP contribution is -2.47. The van der Waals surface area contributed by atoms with Crippen LogP contribution in [0.3, 0.4) is 0 Å². The van der Waals surface area contributed by atoms with Crippen LogP contribution >= 0.6 is 0 Å². The van der Waals surface area contributed by atoms with Gasteiger partial charge in [-0.25, -0.2) is 9.59 Å². The van der Waals surface area contributed by atoms with Gasteiger partial charge in [-0.1, -0.05) is 66.7 Å². The van der Waals surface area contributed by atoms with Crippen LogP contribution in [0.5, 0.6) is 0 Å². The number of para-hydroxylation sites is 1. The number of rotatable bonds is 28. The monoisotopic (exact) mass is 871 g/mol. The van der Waals surface area contributed by atoms with Gasteiger partial charge in [-0.2, -0.15) is 0 Å². The number of ether oxygens (including phenoxy) is 6. The van der Waals surface area contributed by atoms with Crippen LogP contribution in [-0.4, -0.2) is 120 Å². The average molecular weight is 872 g/mol. The van der Waals surface area contributed by atoms with E-state index in [4.69, 9.17) is 28.4 Å². The van der Waals surface area contributed by atoms with Gasteiger partial charge in [-0.05, 0) is 86.8 Å². The third kappa shape index (κ3) is 17.0. The first-order valence-electron chi connectivity index (χ1n) is 22.1.